The largest absolute Gasteiger partial charge is 0.457 e. The summed E-state index contributed by atoms with van der Waals surface area (Å²) in [5.41, 5.74) is 5.96. The standard InChI is InChI=1S/C23H23N3OS/c1-17(2)19-11-13-20(14-12-19)25-23(28)26-24-16-18-7-6-10-22(15-18)27-21-8-4-3-5-9-21/h3-17H,1-2H3,(H2,25,26,28)/b24-16-. The summed E-state index contributed by atoms with van der Waals surface area (Å²) in [6.07, 6.45) is 1.70. The summed E-state index contributed by atoms with van der Waals surface area (Å²) in [7, 11) is 0. The van der Waals surface area contributed by atoms with Crippen LogP contribution in [0.5, 0.6) is 11.5 Å². The molecule has 3 aromatic carbocycles. The van der Waals surface area contributed by atoms with Gasteiger partial charge in [-0.25, -0.2) is 0 Å². The Labute approximate surface area is 171 Å². The van der Waals surface area contributed by atoms with Crippen molar-refractivity contribution in [3.63, 3.8) is 0 Å². The number of benzene rings is 3. The molecule has 142 valence electrons. The van der Waals surface area contributed by atoms with Crippen LogP contribution in [0, 0.1) is 0 Å². The monoisotopic (exact) mass is 389 g/mol. The Bertz CT molecular complexity index is 938. The minimum atomic E-state index is 0.435. The summed E-state index contributed by atoms with van der Waals surface area (Å²) < 4.78 is 5.83. The molecule has 0 aliphatic heterocycles. The third kappa shape index (κ3) is 5.93. The Morgan fingerprint density at radius 2 is 1.64 bits per heavy atom. The fraction of sp³-hybridized carbons (Fsp3) is 0.130. The zero-order chi connectivity index (χ0) is 19.8. The number of nitrogens with zero attached hydrogens (tertiary/aromatic N) is 1. The maximum absolute atomic E-state index is 5.83. The average Bonchev–Trinajstić information content (AvgIpc) is 2.69. The second-order valence-electron chi connectivity index (χ2n) is 6.59. The lowest BCUT2D eigenvalue weighted by Crippen LogP contribution is -2.23. The molecular formula is C23H23N3OS. The Hall–Kier alpha value is -3.18. The first-order chi connectivity index (χ1) is 13.6. The van der Waals surface area contributed by atoms with Crippen LogP contribution in [0.15, 0.2) is 84.0 Å². The van der Waals surface area contributed by atoms with Crippen molar-refractivity contribution in [3.8, 4) is 11.5 Å². The molecule has 0 radical (unpaired) electrons. The van der Waals surface area contributed by atoms with Crippen LogP contribution in [-0.4, -0.2) is 11.3 Å². The van der Waals surface area contributed by atoms with Crippen molar-refractivity contribution in [2.45, 2.75) is 19.8 Å². The number of para-hydroxylation sites is 1. The Kier molecular flexibility index (Phi) is 6.76. The second kappa shape index (κ2) is 9.67. The fourth-order valence-corrected chi connectivity index (χ4v) is 2.73. The highest BCUT2D eigenvalue weighted by atomic mass is 32.1. The van der Waals surface area contributed by atoms with Crippen LogP contribution in [0.4, 0.5) is 5.69 Å². The number of nitrogens with one attached hydrogen (secondary N) is 2. The van der Waals surface area contributed by atoms with Gasteiger partial charge in [0.05, 0.1) is 6.21 Å². The lowest BCUT2D eigenvalue weighted by Gasteiger charge is -2.09. The molecule has 0 bridgehead atoms. The molecule has 0 aliphatic carbocycles. The number of rotatable bonds is 6. The highest BCUT2D eigenvalue weighted by molar-refractivity contribution is 7.80. The molecule has 0 saturated carbocycles. The summed E-state index contributed by atoms with van der Waals surface area (Å²) >= 11 is 5.29. The Morgan fingerprint density at radius 3 is 2.36 bits per heavy atom. The molecule has 4 nitrogen and oxygen atoms in total. The van der Waals surface area contributed by atoms with E-state index in [4.69, 9.17) is 17.0 Å². The molecule has 0 heterocycles. The van der Waals surface area contributed by atoms with E-state index in [1.54, 1.807) is 6.21 Å². The van der Waals surface area contributed by atoms with E-state index in [0.717, 1.165) is 22.7 Å². The van der Waals surface area contributed by atoms with Crippen molar-refractivity contribution >= 4 is 29.2 Å². The van der Waals surface area contributed by atoms with Crippen LogP contribution in [-0.2, 0) is 0 Å². The lowest BCUT2D eigenvalue weighted by molar-refractivity contribution is 0.482. The van der Waals surface area contributed by atoms with Gasteiger partial charge in [0.25, 0.3) is 0 Å². The predicted octanol–water partition coefficient (Wildman–Crippen LogP) is 5.92. The van der Waals surface area contributed by atoms with Gasteiger partial charge in [-0.05, 0) is 65.7 Å². The van der Waals surface area contributed by atoms with Crippen LogP contribution in [0.25, 0.3) is 0 Å². The van der Waals surface area contributed by atoms with Gasteiger partial charge in [-0.15, -0.1) is 0 Å². The molecule has 5 heteroatoms. The SMILES string of the molecule is CC(C)c1ccc(NC(=S)N/N=C\c2cccc(Oc3ccccc3)c2)cc1. The number of hydrazone groups is 1. The van der Waals surface area contributed by atoms with Gasteiger partial charge in [-0.3, -0.25) is 5.43 Å². The van der Waals surface area contributed by atoms with Crippen molar-refractivity contribution < 1.29 is 4.74 Å². The third-order valence-electron chi connectivity index (χ3n) is 4.05. The molecular weight excluding hydrogens is 366 g/mol. The van der Waals surface area contributed by atoms with Crippen LogP contribution >= 0.6 is 12.2 Å². The first kappa shape index (κ1) is 19.6. The molecule has 0 spiro atoms. The molecule has 0 unspecified atom stereocenters. The number of hydrogen-bond acceptors (Lipinski definition) is 3. The molecule has 2 N–H and O–H groups in total. The normalized spacial score (nSPS) is 10.8. The van der Waals surface area contributed by atoms with E-state index >= 15 is 0 Å². The van der Waals surface area contributed by atoms with Crippen molar-refractivity contribution in [2.24, 2.45) is 5.10 Å². The summed E-state index contributed by atoms with van der Waals surface area (Å²) in [5, 5.41) is 7.75. The zero-order valence-electron chi connectivity index (χ0n) is 15.9. The van der Waals surface area contributed by atoms with E-state index < -0.39 is 0 Å². The molecule has 0 fully saturated rings. The molecule has 28 heavy (non-hydrogen) atoms. The average molecular weight is 390 g/mol. The minimum absolute atomic E-state index is 0.435. The molecule has 0 aliphatic rings. The van der Waals surface area contributed by atoms with Crippen LogP contribution < -0.4 is 15.5 Å². The molecule has 0 aromatic heterocycles. The maximum atomic E-state index is 5.83. The van der Waals surface area contributed by atoms with Gasteiger partial charge in [-0.1, -0.05) is 56.3 Å². The predicted molar refractivity (Wildman–Crippen MR) is 120 cm³/mol. The highest BCUT2D eigenvalue weighted by Gasteiger charge is 2.01. The van der Waals surface area contributed by atoms with E-state index in [2.05, 4.69) is 41.8 Å². The van der Waals surface area contributed by atoms with Gasteiger partial charge in [-0.2, -0.15) is 5.10 Å². The lowest BCUT2D eigenvalue weighted by atomic mass is 10.0. The van der Waals surface area contributed by atoms with Crippen molar-refractivity contribution in [1.29, 1.82) is 0 Å². The van der Waals surface area contributed by atoms with Gasteiger partial charge in [0.1, 0.15) is 11.5 Å². The smallest absolute Gasteiger partial charge is 0.191 e. The summed E-state index contributed by atoms with van der Waals surface area (Å²) in [4.78, 5) is 0. The van der Waals surface area contributed by atoms with Crippen molar-refractivity contribution in [1.82, 2.24) is 5.43 Å². The quantitative estimate of drug-likeness (QED) is 0.312. The number of anilines is 1. The van der Waals surface area contributed by atoms with Crippen molar-refractivity contribution in [3.05, 3.63) is 90.0 Å². The molecule has 3 aromatic rings. The molecule has 0 saturated heterocycles. The number of hydrogen-bond donors (Lipinski definition) is 2. The Morgan fingerprint density at radius 1 is 0.929 bits per heavy atom. The first-order valence-corrected chi connectivity index (χ1v) is 9.54. The van der Waals surface area contributed by atoms with Crippen LogP contribution in [0.2, 0.25) is 0 Å². The summed E-state index contributed by atoms with van der Waals surface area (Å²) in [5.74, 6) is 2.05. The molecule has 0 amide bonds. The highest BCUT2D eigenvalue weighted by Crippen LogP contribution is 2.21. The van der Waals surface area contributed by atoms with Gasteiger partial charge < -0.3 is 10.1 Å². The van der Waals surface area contributed by atoms with Gasteiger partial charge in [0.15, 0.2) is 5.11 Å². The molecule has 3 rings (SSSR count). The first-order valence-electron chi connectivity index (χ1n) is 9.13. The van der Waals surface area contributed by atoms with E-state index in [9.17, 15) is 0 Å². The number of ether oxygens (including phenoxy) is 1. The summed E-state index contributed by atoms with van der Waals surface area (Å²) in [6.45, 7) is 4.34. The van der Waals surface area contributed by atoms with Crippen molar-refractivity contribution in [2.75, 3.05) is 5.32 Å². The summed E-state index contributed by atoms with van der Waals surface area (Å²) in [6, 6.07) is 25.6. The maximum Gasteiger partial charge on any atom is 0.191 e. The van der Waals surface area contributed by atoms with E-state index in [1.165, 1.54) is 5.56 Å². The minimum Gasteiger partial charge on any atom is -0.457 e. The third-order valence-corrected chi connectivity index (χ3v) is 4.25. The van der Waals surface area contributed by atoms with E-state index in [0.29, 0.717) is 11.0 Å². The zero-order valence-corrected chi connectivity index (χ0v) is 16.7. The second-order valence-corrected chi connectivity index (χ2v) is 7.00. The topological polar surface area (TPSA) is 45.7 Å². The fourth-order valence-electron chi connectivity index (χ4n) is 2.56. The Balaban J connectivity index is 1.54. The van der Waals surface area contributed by atoms with Gasteiger partial charge >= 0.3 is 0 Å². The van der Waals surface area contributed by atoms with Crippen LogP contribution in [0.3, 0.4) is 0 Å². The van der Waals surface area contributed by atoms with E-state index in [-0.39, 0.29) is 0 Å². The van der Waals surface area contributed by atoms with Gasteiger partial charge in [0.2, 0.25) is 0 Å². The van der Waals surface area contributed by atoms with Gasteiger partial charge in [0, 0.05) is 5.69 Å². The van der Waals surface area contributed by atoms with Crippen LogP contribution in [0.1, 0.15) is 30.9 Å². The molecule has 0 atom stereocenters. The van der Waals surface area contributed by atoms with E-state index in [1.807, 2.05) is 66.7 Å². The number of thiocarbonyl (C=S) groups is 1.